The maximum Gasteiger partial charge on any atom is 0.257 e. The normalized spacial score (nSPS) is 11.5. The van der Waals surface area contributed by atoms with Crippen molar-refractivity contribution in [2.24, 2.45) is 0 Å². The largest absolute Gasteiger partial charge is 0.345 e. The molecule has 7 nitrogen and oxygen atoms in total. The lowest BCUT2D eigenvalue weighted by Crippen LogP contribution is -2.23. The van der Waals surface area contributed by atoms with Crippen LogP contribution in [0.3, 0.4) is 0 Å². The summed E-state index contributed by atoms with van der Waals surface area (Å²) < 4.78 is 18.4. The molecule has 8 heteroatoms. The molecule has 0 unspecified atom stereocenters. The van der Waals surface area contributed by atoms with E-state index in [2.05, 4.69) is 25.4 Å². The third-order valence-corrected chi connectivity index (χ3v) is 4.08. The van der Waals surface area contributed by atoms with E-state index in [-0.39, 0.29) is 24.2 Å². The SMILES string of the molecule is CC(C)c1noc2ncc(C(=O)NCc3nc4ccc(F)cc4[nH]3)cc12. The summed E-state index contributed by atoms with van der Waals surface area (Å²) in [5.41, 5.74) is 2.81. The van der Waals surface area contributed by atoms with E-state index >= 15 is 0 Å². The molecular formula is C18H16FN5O2. The minimum Gasteiger partial charge on any atom is -0.345 e. The van der Waals surface area contributed by atoms with Crippen molar-refractivity contribution in [2.45, 2.75) is 26.3 Å². The van der Waals surface area contributed by atoms with Gasteiger partial charge in [-0.25, -0.2) is 14.4 Å². The van der Waals surface area contributed by atoms with Gasteiger partial charge in [-0.15, -0.1) is 0 Å². The fraction of sp³-hybridized carbons (Fsp3) is 0.222. The molecule has 0 aliphatic rings. The molecule has 0 atom stereocenters. The summed E-state index contributed by atoms with van der Waals surface area (Å²) >= 11 is 0. The predicted octanol–water partition coefficient (Wildman–Crippen LogP) is 3.29. The molecule has 0 fully saturated rings. The molecule has 26 heavy (non-hydrogen) atoms. The number of benzene rings is 1. The molecule has 1 amide bonds. The summed E-state index contributed by atoms with van der Waals surface area (Å²) in [5.74, 6) is 0.0703. The standard InChI is InChI=1S/C18H16FN5O2/c1-9(2)16-12-5-10(7-21-18(12)26-24-16)17(25)20-8-15-22-13-4-3-11(19)6-14(13)23-15/h3-7,9H,8H2,1-2H3,(H,20,25)(H,22,23). The predicted molar refractivity (Wildman–Crippen MR) is 93.1 cm³/mol. The zero-order valence-corrected chi connectivity index (χ0v) is 14.2. The van der Waals surface area contributed by atoms with Crippen molar-refractivity contribution in [3.05, 3.63) is 53.4 Å². The quantitative estimate of drug-likeness (QED) is 0.587. The number of carbonyl (C=O) groups excluding carboxylic acids is 1. The molecule has 1 aromatic carbocycles. The van der Waals surface area contributed by atoms with Crippen LogP contribution in [0.1, 0.15) is 41.6 Å². The highest BCUT2D eigenvalue weighted by Crippen LogP contribution is 2.24. The number of aromatic nitrogens is 4. The zero-order valence-electron chi connectivity index (χ0n) is 14.2. The van der Waals surface area contributed by atoms with Crippen LogP contribution in [0.5, 0.6) is 0 Å². The van der Waals surface area contributed by atoms with Crippen molar-refractivity contribution in [3.63, 3.8) is 0 Å². The molecule has 0 aliphatic heterocycles. The Kier molecular flexibility index (Phi) is 3.87. The molecule has 4 aromatic rings. The number of halogens is 1. The number of H-pyrrole nitrogens is 1. The van der Waals surface area contributed by atoms with E-state index in [0.717, 1.165) is 11.1 Å². The number of hydrogen-bond donors (Lipinski definition) is 2. The van der Waals surface area contributed by atoms with Crippen LogP contribution in [0.15, 0.2) is 35.0 Å². The van der Waals surface area contributed by atoms with Crippen LogP contribution in [-0.2, 0) is 6.54 Å². The average molecular weight is 353 g/mol. The minimum atomic E-state index is -0.342. The fourth-order valence-corrected chi connectivity index (χ4v) is 2.78. The van der Waals surface area contributed by atoms with Crippen molar-refractivity contribution in [1.82, 2.24) is 25.4 Å². The maximum absolute atomic E-state index is 13.2. The lowest BCUT2D eigenvalue weighted by atomic mass is 10.1. The van der Waals surface area contributed by atoms with Gasteiger partial charge in [0, 0.05) is 6.20 Å². The molecule has 0 saturated heterocycles. The van der Waals surface area contributed by atoms with Gasteiger partial charge in [0.15, 0.2) is 0 Å². The van der Waals surface area contributed by atoms with Crippen LogP contribution in [0.4, 0.5) is 4.39 Å². The lowest BCUT2D eigenvalue weighted by molar-refractivity contribution is 0.0950. The van der Waals surface area contributed by atoms with Crippen molar-refractivity contribution in [1.29, 1.82) is 0 Å². The Morgan fingerprint density at radius 3 is 3.00 bits per heavy atom. The second kappa shape index (κ2) is 6.21. The average Bonchev–Trinajstić information content (AvgIpc) is 3.22. The molecule has 132 valence electrons. The first-order valence-electron chi connectivity index (χ1n) is 8.19. The molecule has 3 heterocycles. The van der Waals surface area contributed by atoms with Gasteiger partial charge in [0.05, 0.1) is 34.2 Å². The molecule has 2 N–H and O–H groups in total. The number of fused-ring (bicyclic) bond motifs is 2. The van der Waals surface area contributed by atoms with Crippen LogP contribution in [-0.4, -0.2) is 26.0 Å². The van der Waals surface area contributed by atoms with Gasteiger partial charge in [-0.1, -0.05) is 19.0 Å². The zero-order chi connectivity index (χ0) is 18.3. The Balaban J connectivity index is 1.53. The van der Waals surface area contributed by atoms with Gasteiger partial charge in [-0.05, 0) is 30.2 Å². The Labute approximate surface area is 147 Å². The van der Waals surface area contributed by atoms with Gasteiger partial charge < -0.3 is 14.8 Å². The third-order valence-electron chi connectivity index (χ3n) is 4.08. The van der Waals surface area contributed by atoms with Gasteiger partial charge in [0.1, 0.15) is 11.6 Å². The maximum atomic E-state index is 13.2. The van der Waals surface area contributed by atoms with Crippen LogP contribution < -0.4 is 5.32 Å². The first kappa shape index (κ1) is 16.2. The third kappa shape index (κ3) is 2.90. The van der Waals surface area contributed by atoms with E-state index < -0.39 is 0 Å². The van der Waals surface area contributed by atoms with Gasteiger partial charge >= 0.3 is 0 Å². The van der Waals surface area contributed by atoms with Crippen LogP contribution in [0.2, 0.25) is 0 Å². The number of hydrogen-bond acceptors (Lipinski definition) is 5. The highest BCUT2D eigenvalue weighted by Gasteiger charge is 2.16. The van der Waals surface area contributed by atoms with E-state index in [4.69, 9.17) is 4.52 Å². The van der Waals surface area contributed by atoms with E-state index in [1.54, 1.807) is 12.1 Å². The molecule has 0 radical (unpaired) electrons. The number of pyridine rings is 1. The second-order valence-electron chi connectivity index (χ2n) is 6.33. The Bertz CT molecular complexity index is 1120. The number of nitrogens with one attached hydrogen (secondary N) is 2. The monoisotopic (exact) mass is 353 g/mol. The number of imidazole rings is 1. The molecule has 0 saturated carbocycles. The number of rotatable bonds is 4. The molecule has 0 aliphatic carbocycles. The van der Waals surface area contributed by atoms with Crippen LogP contribution in [0, 0.1) is 5.82 Å². The van der Waals surface area contributed by atoms with Gasteiger partial charge in [0.2, 0.25) is 0 Å². The Morgan fingerprint density at radius 1 is 1.35 bits per heavy atom. The second-order valence-corrected chi connectivity index (χ2v) is 6.33. The Hall–Kier alpha value is -3.29. The summed E-state index contributed by atoms with van der Waals surface area (Å²) in [4.78, 5) is 23.9. The molecule has 0 spiro atoms. The summed E-state index contributed by atoms with van der Waals surface area (Å²) in [7, 11) is 0. The molecule has 4 rings (SSSR count). The summed E-state index contributed by atoms with van der Waals surface area (Å²) in [5, 5.41) is 7.51. The topological polar surface area (TPSA) is 96.7 Å². The number of carbonyl (C=O) groups is 1. The first-order valence-corrected chi connectivity index (χ1v) is 8.19. The first-order chi connectivity index (χ1) is 12.5. The summed E-state index contributed by atoms with van der Waals surface area (Å²) in [6.45, 7) is 4.18. The van der Waals surface area contributed by atoms with Crippen molar-refractivity contribution in [2.75, 3.05) is 0 Å². The van der Waals surface area contributed by atoms with Gasteiger partial charge in [0.25, 0.3) is 11.6 Å². The fourth-order valence-electron chi connectivity index (χ4n) is 2.78. The summed E-state index contributed by atoms with van der Waals surface area (Å²) in [6.07, 6.45) is 1.45. The highest BCUT2D eigenvalue weighted by molar-refractivity contribution is 5.97. The van der Waals surface area contributed by atoms with Crippen molar-refractivity contribution >= 4 is 28.0 Å². The summed E-state index contributed by atoms with van der Waals surface area (Å²) in [6, 6.07) is 6.02. The minimum absolute atomic E-state index is 0.160. The number of aromatic amines is 1. The van der Waals surface area contributed by atoms with Gasteiger partial charge in [-0.3, -0.25) is 4.79 Å². The highest BCUT2D eigenvalue weighted by atomic mass is 19.1. The molecule has 3 aromatic heterocycles. The van der Waals surface area contributed by atoms with E-state index in [1.165, 1.54) is 18.3 Å². The van der Waals surface area contributed by atoms with Crippen molar-refractivity contribution in [3.8, 4) is 0 Å². The molecule has 0 bridgehead atoms. The Morgan fingerprint density at radius 2 is 2.19 bits per heavy atom. The van der Waals surface area contributed by atoms with E-state index in [0.29, 0.717) is 28.1 Å². The lowest BCUT2D eigenvalue weighted by Gasteiger charge is -2.04. The van der Waals surface area contributed by atoms with Crippen LogP contribution >= 0.6 is 0 Å². The number of amides is 1. The van der Waals surface area contributed by atoms with Gasteiger partial charge in [-0.2, -0.15) is 0 Å². The smallest absolute Gasteiger partial charge is 0.257 e. The van der Waals surface area contributed by atoms with E-state index in [9.17, 15) is 9.18 Å². The molecular weight excluding hydrogens is 337 g/mol. The van der Waals surface area contributed by atoms with Crippen molar-refractivity contribution < 1.29 is 13.7 Å². The van der Waals surface area contributed by atoms with E-state index in [1.807, 2.05) is 13.8 Å². The number of nitrogens with zero attached hydrogens (tertiary/aromatic N) is 3. The van der Waals surface area contributed by atoms with Crippen LogP contribution in [0.25, 0.3) is 22.1 Å².